The van der Waals surface area contributed by atoms with Crippen molar-refractivity contribution in [2.45, 2.75) is 19.4 Å². The third-order valence-electron chi connectivity index (χ3n) is 1.28. The molecule has 1 aliphatic heterocycles. The minimum atomic E-state index is -0.427. The van der Waals surface area contributed by atoms with Gasteiger partial charge in [0.25, 0.3) is 0 Å². The van der Waals surface area contributed by atoms with Crippen LogP contribution in [0, 0.1) is 0 Å². The maximum absolute atomic E-state index is 10.5. The van der Waals surface area contributed by atoms with Crippen molar-refractivity contribution in [2.24, 2.45) is 0 Å². The first-order valence-corrected chi connectivity index (χ1v) is 3.21. The zero-order valence-electron chi connectivity index (χ0n) is 5.13. The molecule has 0 radical (unpaired) electrons. The van der Waals surface area contributed by atoms with Gasteiger partial charge in [0.1, 0.15) is 6.10 Å². The van der Waals surface area contributed by atoms with E-state index in [2.05, 4.69) is 0 Å². The highest BCUT2D eigenvalue weighted by molar-refractivity contribution is 6.20. The van der Waals surface area contributed by atoms with Gasteiger partial charge in [0.05, 0.1) is 6.54 Å². The number of cyclic esters (lactones) is 1. The highest BCUT2D eigenvalue weighted by atomic mass is 35.5. The summed E-state index contributed by atoms with van der Waals surface area (Å²) in [7, 11) is 0. The van der Waals surface area contributed by atoms with Gasteiger partial charge in [0, 0.05) is 11.8 Å². The minimum absolute atomic E-state index is 0.00463. The van der Waals surface area contributed by atoms with Gasteiger partial charge in [-0.25, -0.2) is 9.21 Å². The van der Waals surface area contributed by atoms with Crippen molar-refractivity contribution < 1.29 is 9.53 Å². The Balaban J connectivity index is 2.44. The average Bonchev–Trinajstić information content (AvgIpc) is 2.13. The molecule has 1 saturated heterocycles. The zero-order valence-corrected chi connectivity index (χ0v) is 5.89. The lowest BCUT2D eigenvalue weighted by Crippen LogP contribution is -2.12. The normalized spacial score (nSPS) is 26.7. The van der Waals surface area contributed by atoms with Crippen LogP contribution in [0.3, 0.4) is 0 Å². The molecular weight excluding hydrogens is 142 g/mol. The molecule has 52 valence electrons. The smallest absolute Gasteiger partial charge is 0.424 e. The van der Waals surface area contributed by atoms with Crippen LogP contribution in [-0.2, 0) is 4.74 Å². The lowest BCUT2D eigenvalue weighted by Gasteiger charge is -1.99. The lowest BCUT2D eigenvalue weighted by atomic mass is 10.3. The van der Waals surface area contributed by atoms with Crippen LogP contribution in [0.25, 0.3) is 0 Å². The van der Waals surface area contributed by atoms with Crippen molar-refractivity contribution in [2.75, 3.05) is 6.54 Å². The summed E-state index contributed by atoms with van der Waals surface area (Å²) in [6.45, 7) is 2.46. The maximum Gasteiger partial charge on any atom is 0.424 e. The molecule has 0 aromatic carbocycles. The number of amides is 1. The van der Waals surface area contributed by atoms with Gasteiger partial charge < -0.3 is 4.74 Å². The fraction of sp³-hybridized carbons (Fsp3) is 0.800. The third-order valence-corrected chi connectivity index (χ3v) is 1.56. The molecule has 1 aliphatic rings. The van der Waals surface area contributed by atoms with Crippen molar-refractivity contribution in [1.29, 1.82) is 0 Å². The Kier molecular flexibility index (Phi) is 1.81. The second-order valence-electron chi connectivity index (χ2n) is 1.96. The predicted octanol–water partition coefficient (Wildman–Crippen LogP) is 1.37. The van der Waals surface area contributed by atoms with Crippen molar-refractivity contribution in [3.8, 4) is 0 Å². The van der Waals surface area contributed by atoms with E-state index in [0.717, 1.165) is 10.8 Å². The summed E-state index contributed by atoms with van der Waals surface area (Å²) in [4.78, 5) is 10.5. The van der Waals surface area contributed by atoms with Crippen LogP contribution in [0.5, 0.6) is 0 Å². The van der Waals surface area contributed by atoms with Gasteiger partial charge in [-0.15, -0.1) is 0 Å². The molecule has 0 spiro atoms. The van der Waals surface area contributed by atoms with Gasteiger partial charge in [0.15, 0.2) is 0 Å². The van der Waals surface area contributed by atoms with Crippen LogP contribution in [0.1, 0.15) is 13.3 Å². The fourth-order valence-electron chi connectivity index (χ4n) is 0.703. The van der Waals surface area contributed by atoms with Gasteiger partial charge in [-0.1, -0.05) is 6.92 Å². The van der Waals surface area contributed by atoms with Crippen LogP contribution in [0.4, 0.5) is 4.79 Å². The first kappa shape index (κ1) is 6.68. The first-order chi connectivity index (χ1) is 4.24. The molecule has 3 nitrogen and oxygen atoms in total. The molecule has 0 aromatic rings. The van der Waals surface area contributed by atoms with E-state index in [1.54, 1.807) is 0 Å². The molecule has 1 atom stereocenters. The zero-order chi connectivity index (χ0) is 6.85. The molecule has 1 heterocycles. The molecule has 1 fully saturated rings. The van der Waals surface area contributed by atoms with Crippen molar-refractivity contribution in [3.05, 3.63) is 0 Å². The Morgan fingerprint density at radius 3 is 2.89 bits per heavy atom. The van der Waals surface area contributed by atoms with E-state index in [1.165, 1.54) is 0 Å². The molecule has 1 unspecified atom stereocenters. The van der Waals surface area contributed by atoms with Gasteiger partial charge >= 0.3 is 6.09 Å². The minimum Gasteiger partial charge on any atom is -0.443 e. The first-order valence-electron chi connectivity index (χ1n) is 2.88. The standard InChI is InChI=1S/C5H8ClNO2/c1-2-4-3-7(6)5(8)9-4/h4H,2-3H2,1H3. The molecule has 0 N–H and O–H groups in total. The van der Waals surface area contributed by atoms with Crippen molar-refractivity contribution in [1.82, 2.24) is 4.42 Å². The fourth-order valence-corrected chi connectivity index (χ4v) is 0.897. The Morgan fingerprint density at radius 1 is 2.00 bits per heavy atom. The number of carbonyl (C=O) groups is 1. The van der Waals surface area contributed by atoms with Crippen LogP contribution in [0.15, 0.2) is 0 Å². The summed E-state index contributed by atoms with van der Waals surface area (Å²) < 4.78 is 5.84. The molecule has 0 bridgehead atoms. The van der Waals surface area contributed by atoms with Crippen LogP contribution in [0.2, 0.25) is 0 Å². The number of hydrogen-bond acceptors (Lipinski definition) is 2. The van der Waals surface area contributed by atoms with Crippen molar-refractivity contribution >= 4 is 17.9 Å². The van der Waals surface area contributed by atoms with E-state index in [4.69, 9.17) is 16.5 Å². The highest BCUT2D eigenvalue weighted by Crippen LogP contribution is 2.14. The van der Waals surface area contributed by atoms with E-state index in [1.807, 2.05) is 6.92 Å². The van der Waals surface area contributed by atoms with E-state index < -0.39 is 6.09 Å². The van der Waals surface area contributed by atoms with Gasteiger partial charge in [-0.2, -0.15) is 0 Å². The topological polar surface area (TPSA) is 29.5 Å². The number of ether oxygens (including phenoxy) is 1. The second-order valence-corrected chi connectivity index (χ2v) is 2.37. The Labute approximate surface area is 58.6 Å². The number of carbonyl (C=O) groups excluding carboxylic acids is 1. The summed E-state index contributed by atoms with van der Waals surface area (Å²) in [5.74, 6) is 0. The lowest BCUT2D eigenvalue weighted by molar-refractivity contribution is 0.135. The summed E-state index contributed by atoms with van der Waals surface area (Å²) in [5.41, 5.74) is 0. The summed E-state index contributed by atoms with van der Waals surface area (Å²) in [6, 6.07) is 0. The molecule has 1 amide bonds. The molecule has 0 saturated carbocycles. The quantitative estimate of drug-likeness (QED) is 0.527. The van der Waals surface area contributed by atoms with Gasteiger partial charge in [-0.3, -0.25) is 0 Å². The Morgan fingerprint density at radius 2 is 2.67 bits per heavy atom. The monoisotopic (exact) mass is 149 g/mol. The van der Waals surface area contributed by atoms with E-state index in [0.29, 0.717) is 6.54 Å². The summed E-state index contributed by atoms with van der Waals surface area (Å²) >= 11 is 5.39. The number of halogens is 1. The predicted molar refractivity (Wildman–Crippen MR) is 33.1 cm³/mol. The van der Waals surface area contributed by atoms with Crippen LogP contribution < -0.4 is 0 Å². The molecule has 0 aromatic heterocycles. The summed E-state index contributed by atoms with van der Waals surface area (Å²) in [6.07, 6.45) is 0.396. The van der Waals surface area contributed by atoms with Gasteiger partial charge in [0.2, 0.25) is 0 Å². The van der Waals surface area contributed by atoms with E-state index in [9.17, 15) is 4.79 Å². The highest BCUT2D eigenvalue weighted by Gasteiger charge is 2.28. The average molecular weight is 150 g/mol. The van der Waals surface area contributed by atoms with Crippen LogP contribution in [-0.4, -0.2) is 23.2 Å². The molecule has 1 rings (SSSR count). The number of nitrogens with zero attached hydrogens (tertiary/aromatic N) is 1. The molecule has 0 aliphatic carbocycles. The second kappa shape index (κ2) is 2.43. The summed E-state index contributed by atoms with van der Waals surface area (Å²) in [5, 5.41) is 0. The third kappa shape index (κ3) is 1.27. The number of hydrogen-bond donors (Lipinski definition) is 0. The van der Waals surface area contributed by atoms with Crippen LogP contribution >= 0.6 is 11.8 Å². The Hall–Kier alpha value is -0.440. The van der Waals surface area contributed by atoms with E-state index >= 15 is 0 Å². The largest absolute Gasteiger partial charge is 0.443 e. The van der Waals surface area contributed by atoms with Crippen molar-refractivity contribution in [3.63, 3.8) is 0 Å². The SMILES string of the molecule is CCC1CN(Cl)C(=O)O1. The maximum atomic E-state index is 10.5. The molecule has 4 heteroatoms. The molecular formula is C5H8ClNO2. The molecule has 9 heavy (non-hydrogen) atoms. The van der Waals surface area contributed by atoms with Gasteiger partial charge in [-0.05, 0) is 6.42 Å². The van der Waals surface area contributed by atoms with E-state index in [-0.39, 0.29) is 6.10 Å². The Bertz CT molecular complexity index is 128. The number of rotatable bonds is 1.